The number of hydrogen-bond donors (Lipinski definition) is 0. The van der Waals surface area contributed by atoms with Gasteiger partial charge in [0.2, 0.25) is 5.91 Å². The van der Waals surface area contributed by atoms with Gasteiger partial charge in [-0.3, -0.25) is 4.79 Å². The van der Waals surface area contributed by atoms with Crippen molar-refractivity contribution in [2.45, 2.75) is 12.3 Å². The molecule has 4 heteroatoms. The van der Waals surface area contributed by atoms with E-state index < -0.39 is 5.41 Å². The zero-order valence-electron chi connectivity index (χ0n) is 19.1. The Morgan fingerprint density at radius 1 is 0.576 bits per heavy atom. The average Bonchev–Trinajstić information content (AvgIpc) is 2.85. The average molecular weight is 438 g/mol. The highest BCUT2D eigenvalue weighted by molar-refractivity contribution is 5.91. The number of para-hydroxylation sites is 2. The first-order valence-electron chi connectivity index (χ1n) is 10.9. The zero-order chi connectivity index (χ0) is 23.3. The molecule has 33 heavy (non-hydrogen) atoms. The first kappa shape index (κ1) is 22.2. The maximum Gasteiger partial charge on any atom is 0.236 e. The molecule has 0 saturated heterocycles. The third-order valence-electron chi connectivity index (χ3n) is 5.66. The molecule has 0 heterocycles. The topological polar surface area (TPSA) is 38.8 Å². The number of likely N-dealkylation sites (N-methyl/N-ethyl adjacent to an activating group) is 1. The van der Waals surface area contributed by atoms with Gasteiger partial charge in [-0.1, -0.05) is 60.7 Å². The van der Waals surface area contributed by atoms with E-state index in [0.717, 1.165) is 34.1 Å². The van der Waals surface area contributed by atoms with E-state index in [1.165, 1.54) is 0 Å². The van der Waals surface area contributed by atoms with Crippen molar-refractivity contribution in [2.75, 3.05) is 14.1 Å². The number of amides is 1. The summed E-state index contributed by atoms with van der Waals surface area (Å²) in [5.41, 5.74) is 0.914. The number of carbonyl (C=O) groups excluding carboxylic acids is 1. The summed E-state index contributed by atoms with van der Waals surface area (Å²) in [4.78, 5) is 15.0. The molecule has 4 aromatic rings. The van der Waals surface area contributed by atoms with Crippen LogP contribution in [0.2, 0.25) is 0 Å². The Bertz CT molecular complexity index is 1100. The summed E-state index contributed by atoms with van der Waals surface area (Å²) in [6.07, 6.45) is 0. The fraction of sp³-hybridized carbons (Fsp3) is 0.138. The number of carbonyl (C=O) groups is 1. The van der Waals surface area contributed by atoms with Gasteiger partial charge in [-0.25, -0.2) is 0 Å². The van der Waals surface area contributed by atoms with Crippen molar-refractivity contribution in [2.24, 2.45) is 0 Å². The zero-order valence-corrected chi connectivity index (χ0v) is 19.1. The van der Waals surface area contributed by atoms with Crippen molar-refractivity contribution in [1.82, 2.24) is 4.90 Å². The van der Waals surface area contributed by atoms with Crippen molar-refractivity contribution in [1.29, 1.82) is 0 Å². The summed E-state index contributed by atoms with van der Waals surface area (Å²) in [6, 6.07) is 34.7. The fourth-order valence-electron chi connectivity index (χ4n) is 3.82. The summed E-state index contributed by atoms with van der Waals surface area (Å²) in [6.45, 7) is 1.95. The Hall–Kier alpha value is -4.05. The maximum absolute atomic E-state index is 13.4. The molecular weight excluding hydrogens is 410 g/mol. The van der Waals surface area contributed by atoms with Gasteiger partial charge >= 0.3 is 0 Å². The SMILES string of the molecule is CN(C)C(=O)C(C)(c1ccc(Oc2ccccc2)cc1)c1ccc(Oc2ccccc2)cc1. The van der Waals surface area contributed by atoms with Crippen LogP contribution in [-0.4, -0.2) is 24.9 Å². The Morgan fingerprint density at radius 3 is 1.24 bits per heavy atom. The largest absolute Gasteiger partial charge is 0.457 e. The van der Waals surface area contributed by atoms with Gasteiger partial charge in [0.1, 0.15) is 23.0 Å². The minimum absolute atomic E-state index is 0.00374. The van der Waals surface area contributed by atoms with Crippen molar-refractivity contribution in [3.05, 3.63) is 120 Å². The van der Waals surface area contributed by atoms with Crippen LogP contribution in [0.25, 0.3) is 0 Å². The Morgan fingerprint density at radius 2 is 0.909 bits per heavy atom. The molecule has 0 atom stereocenters. The predicted octanol–water partition coefficient (Wildman–Crippen LogP) is 6.67. The summed E-state index contributed by atoms with van der Waals surface area (Å²) >= 11 is 0. The minimum atomic E-state index is -0.861. The molecule has 0 radical (unpaired) electrons. The van der Waals surface area contributed by atoms with Crippen LogP contribution in [0.3, 0.4) is 0 Å². The summed E-state index contributed by atoms with van der Waals surface area (Å²) < 4.78 is 11.8. The van der Waals surface area contributed by atoms with Gasteiger partial charge in [0.25, 0.3) is 0 Å². The summed E-state index contributed by atoms with van der Waals surface area (Å²) in [7, 11) is 3.56. The highest BCUT2D eigenvalue weighted by Crippen LogP contribution is 2.36. The molecule has 0 fully saturated rings. The normalized spacial score (nSPS) is 11.0. The van der Waals surface area contributed by atoms with Gasteiger partial charge in [-0.2, -0.15) is 0 Å². The lowest BCUT2D eigenvalue weighted by Crippen LogP contribution is -2.42. The smallest absolute Gasteiger partial charge is 0.236 e. The van der Waals surface area contributed by atoms with Crippen LogP contribution in [0.15, 0.2) is 109 Å². The first-order chi connectivity index (χ1) is 16.0. The molecule has 0 aliphatic carbocycles. The van der Waals surface area contributed by atoms with Crippen LogP contribution < -0.4 is 9.47 Å². The molecule has 4 nitrogen and oxygen atoms in total. The third kappa shape index (κ3) is 4.90. The van der Waals surface area contributed by atoms with Gasteiger partial charge in [0.15, 0.2) is 0 Å². The van der Waals surface area contributed by atoms with Crippen LogP contribution in [0.4, 0.5) is 0 Å². The van der Waals surface area contributed by atoms with Gasteiger partial charge in [0.05, 0.1) is 5.41 Å². The predicted molar refractivity (Wildman–Crippen MR) is 131 cm³/mol. The highest BCUT2D eigenvalue weighted by Gasteiger charge is 2.38. The molecule has 0 bridgehead atoms. The molecule has 4 aromatic carbocycles. The molecule has 0 unspecified atom stereocenters. The second-order valence-corrected chi connectivity index (χ2v) is 8.20. The highest BCUT2D eigenvalue weighted by atomic mass is 16.5. The monoisotopic (exact) mass is 437 g/mol. The van der Waals surface area contributed by atoms with E-state index in [-0.39, 0.29) is 5.91 Å². The molecule has 0 aliphatic heterocycles. The van der Waals surface area contributed by atoms with E-state index in [0.29, 0.717) is 0 Å². The number of ether oxygens (including phenoxy) is 2. The van der Waals surface area contributed by atoms with Crippen molar-refractivity contribution >= 4 is 5.91 Å². The van der Waals surface area contributed by atoms with Gasteiger partial charge in [0, 0.05) is 14.1 Å². The molecule has 0 N–H and O–H groups in total. The number of benzene rings is 4. The summed E-state index contributed by atoms with van der Waals surface area (Å²) in [5, 5.41) is 0. The second kappa shape index (κ2) is 9.61. The lowest BCUT2D eigenvalue weighted by Gasteiger charge is -2.32. The second-order valence-electron chi connectivity index (χ2n) is 8.20. The van der Waals surface area contributed by atoms with E-state index in [9.17, 15) is 4.79 Å². The van der Waals surface area contributed by atoms with Crippen LogP contribution >= 0.6 is 0 Å². The van der Waals surface area contributed by atoms with Crippen molar-refractivity contribution in [3.8, 4) is 23.0 Å². The Labute approximate surface area is 195 Å². The quantitative estimate of drug-likeness (QED) is 0.324. The molecule has 166 valence electrons. The molecule has 0 aromatic heterocycles. The molecule has 4 rings (SSSR count). The molecule has 1 amide bonds. The summed E-state index contributed by atoms with van der Waals surface area (Å²) in [5.74, 6) is 2.97. The van der Waals surface area contributed by atoms with Crippen molar-refractivity contribution in [3.63, 3.8) is 0 Å². The minimum Gasteiger partial charge on any atom is -0.457 e. The van der Waals surface area contributed by atoms with E-state index in [1.807, 2.05) is 116 Å². The standard InChI is InChI=1S/C29H27NO3/c1-29(28(31)30(2)3,22-14-18-26(19-15-22)32-24-10-6-4-7-11-24)23-16-20-27(21-17-23)33-25-12-8-5-9-13-25/h4-21H,1-3H3. The number of hydrogen-bond acceptors (Lipinski definition) is 3. The van der Waals surface area contributed by atoms with Crippen LogP contribution in [-0.2, 0) is 10.2 Å². The Kier molecular flexibility index (Phi) is 6.45. The van der Waals surface area contributed by atoms with Crippen LogP contribution in [0, 0.1) is 0 Å². The number of nitrogens with zero attached hydrogens (tertiary/aromatic N) is 1. The fourth-order valence-corrected chi connectivity index (χ4v) is 3.82. The van der Waals surface area contributed by atoms with Gasteiger partial charge < -0.3 is 14.4 Å². The lowest BCUT2D eigenvalue weighted by atomic mass is 9.75. The van der Waals surface area contributed by atoms with Crippen molar-refractivity contribution < 1.29 is 14.3 Å². The number of rotatable bonds is 7. The first-order valence-corrected chi connectivity index (χ1v) is 10.9. The van der Waals surface area contributed by atoms with E-state index >= 15 is 0 Å². The molecule has 0 saturated carbocycles. The van der Waals surface area contributed by atoms with Gasteiger partial charge in [-0.15, -0.1) is 0 Å². The van der Waals surface area contributed by atoms with Crippen LogP contribution in [0.5, 0.6) is 23.0 Å². The molecule has 0 spiro atoms. The van der Waals surface area contributed by atoms with Gasteiger partial charge in [-0.05, 0) is 66.6 Å². The Balaban J connectivity index is 1.63. The third-order valence-corrected chi connectivity index (χ3v) is 5.66. The van der Waals surface area contributed by atoms with E-state index in [4.69, 9.17) is 9.47 Å². The lowest BCUT2D eigenvalue weighted by molar-refractivity contribution is -0.132. The molecule has 0 aliphatic rings. The van der Waals surface area contributed by atoms with E-state index in [2.05, 4.69) is 0 Å². The maximum atomic E-state index is 13.4. The molecular formula is C29H27NO3. The van der Waals surface area contributed by atoms with E-state index in [1.54, 1.807) is 19.0 Å². The van der Waals surface area contributed by atoms with Crippen LogP contribution in [0.1, 0.15) is 18.1 Å².